The van der Waals surface area contributed by atoms with Gasteiger partial charge < -0.3 is 21.1 Å². The molecule has 0 saturated carbocycles. The number of aromatic nitrogens is 3. The van der Waals surface area contributed by atoms with Gasteiger partial charge in [0.15, 0.2) is 5.82 Å². The minimum atomic E-state index is 0.0924. The molecule has 0 aliphatic heterocycles. The molecule has 0 saturated heterocycles. The number of aromatic amines is 1. The maximum Gasteiger partial charge on any atom is 0.151 e. The first-order valence-electron chi connectivity index (χ1n) is 8.74. The second-order valence-corrected chi connectivity index (χ2v) is 7.20. The SMILES string of the molecule is CCCCCCCSC[C@@H](CO)NCc1c[nH]c2c(N)ncnc12. The lowest BCUT2D eigenvalue weighted by Crippen LogP contribution is -2.34. The molecular formula is C17H29N5OS. The zero-order valence-corrected chi connectivity index (χ0v) is 15.2. The highest BCUT2D eigenvalue weighted by Gasteiger charge is 2.11. The maximum atomic E-state index is 9.56. The van der Waals surface area contributed by atoms with Crippen molar-refractivity contribution in [2.45, 2.75) is 51.6 Å². The largest absolute Gasteiger partial charge is 0.395 e. The molecule has 5 N–H and O–H groups in total. The summed E-state index contributed by atoms with van der Waals surface area (Å²) >= 11 is 1.91. The summed E-state index contributed by atoms with van der Waals surface area (Å²) in [5.74, 6) is 2.55. The number of rotatable bonds is 12. The van der Waals surface area contributed by atoms with Gasteiger partial charge in [-0.2, -0.15) is 11.8 Å². The van der Waals surface area contributed by atoms with E-state index in [1.807, 2.05) is 18.0 Å². The number of thioether (sulfide) groups is 1. The molecule has 0 spiro atoms. The van der Waals surface area contributed by atoms with Gasteiger partial charge in [-0.1, -0.05) is 32.6 Å². The van der Waals surface area contributed by atoms with Crippen LogP contribution in [0, 0.1) is 0 Å². The van der Waals surface area contributed by atoms with Crippen LogP contribution in [-0.2, 0) is 6.54 Å². The highest BCUT2D eigenvalue weighted by atomic mass is 32.2. The predicted molar refractivity (Wildman–Crippen MR) is 102 cm³/mol. The van der Waals surface area contributed by atoms with Crippen LogP contribution < -0.4 is 11.1 Å². The van der Waals surface area contributed by atoms with Crippen LogP contribution in [0.1, 0.15) is 44.6 Å². The molecule has 7 heteroatoms. The molecule has 1 atom stereocenters. The fourth-order valence-corrected chi connectivity index (χ4v) is 3.69. The molecule has 0 amide bonds. The van der Waals surface area contributed by atoms with Crippen LogP contribution in [0.2, 0.25) is 0 Å². The molecule has 2 aromatic heterocycles. The van der Waals surface area contributed by atoms with Gasteiger partial charge in [0, 0.05) is 30.1 Å². The molecule has 0 fully saturated rings. The Kier molecular flexibility index (Phi) is 8.35. The maximum absolute atomic E-state index is 9.56. The number of anilines is 1. The summed E-state index contributed by atoms with van der Waals surface area (Å²) in [4.78, 5) is 11.4. The number of nitrogen functional groups attached to an aromatic ring is 1. The van der Waals surface area contributed by atoms with E-state index >= 15 is 0 Å². The normalized spacial score (nSPS) is 12.8. The Labute approximate surface area is 148 Å². The number of hydrogen-bond acceptors (Lipinski definition) is 6. The minimum absolute atomic E-state index is 0.0924. The lowest BCUT2D eigenvalue weighted by atomic mass is 10.2. The van der Waals surface area contributed by atoms with Crippen molar-refractivity contribution in [3.8, 4) is 0 Å². The van der Waals surface area contributed by atoms with Crippen molar-refractivity contribution in [1.29, 1.82) is 0 Å². The van der Waals surface area contributed by atoms with E-state index in [1.165, 1.54) is 44.2 Å². The summed E-state index contributed by atoms with van der Waals surface area (Å²) < 4.78 is 0. The number of nitrogens with zero attached hydrogens (tertiary/aromatic N) is 2. The topological polar surface area (TPSA) is 99.8 Å². The molecule has 24 heavy (non-hydrogen) atoms. The van der Waals surface area contributed by atoms with Crippen LogP contribution >= 0.6 is 11.8 Å². The van der Waals surface area contributed by atoms with E-state index < -0.39 is 0 Å². The van der Waals surface area contributed by atoms with E-state index in [1.54, 1.807) is 0 Å². The van der Waals surface area contributed by atoms with Gasteiger partial charge in [0.1, 0.15) is 11.8 Å². The molecule has 2 heterocycles. The lowest BCUT2D eigenvalue weighted by molar-refractivity contribution is 0.253. The van der Waals surface area contributed by atoms with Crippen molar-refractivity contribution >= 4 is 28.6 Å². The lowest BCUT2D eigenvalue weighted by Gasteiger charge is -2.15. The standard InChI is InChI=1S/C17H29N5OS/c1-2-3-4-5-6-7-24-11-14(10-23)19-8-13-9-20-16-15(13)21-12-22-17(16)18/h9,12,14,19-20,23H,2-8,10-11H2,1H3,(H2,18,21,22)/t14-/m1/s1. The molecule has 6 nitrogen and oxygen atoms in total. The van der Waals surface area contributed by atoms with Crippen molar-refractivity contribution < 1.29 is 5.11 Å². The molecule has 0 radical (unpaired) electrons. The second-order valence-electron chi connectivity index (χ2n) is 6.05. The number of aliphatic hydroxyl groups is 1. The summed E-state index contributed by atoms with van der Waals surface area (Å²) in [6.45, 7) is 3.03. The quantitative estimate of drug-likeness (QED) is 0.439. The van der Waals surface area contributed by atoms with Gasteiger partial charge in [-0.05, 0) is 12.2 Å². The molecule has 0 bridgehead atoms. The molecular weight excluding hydrogens is 322 g/mol. The van der Waals surface area contributed by atoms with Gasteiger partial charge in [0.05, 0.1) is 12.1 Å². The predicted octanol–water partition coefficient (Wildman–Crippen LogP) is 2.69. The average Bonchev–Trinajstić information content (AvgIpc) is 3.01. The van der Waals surface area contributed by atoms with E-state index in [2.05, 4.69) is 27.2 Å². The van der Waals surface area contributed by atoms with Crippen LogP contribution in [0.4, 0.5) is 5.82 Å². The summed E-state index contributed by atoms with van der Waals surface area (Å²) in [5.41, 5.74) is 8.49. The molecule has 0 aliphatic carbocycles. The Hall–Kier alpha value is -1.31. The zero-order chi connectivity index (χ0) is 17.2. The third-order valence-corrected chi connectivity index (χ3v) is 5.30. The Morgan fingerprint density at radius 3 is 2.92 bits per heavy atom. The number of unbranched alkanes of at least 4 members (excludes halogenated alkanes) is 4. The molecule has 0 aromatic carbocycles. The molecule has 134 valence electrons. The van der Waals surface area contributed by atoms with Crippen molar-refractivity contribution in [3.05, 3.63) is 18.1 Å². The van der Waals surface area contributed by atoms with Crippen molar-refractivity contribution in [2.75, 3.05) is 23.8 Å². The number of nitrogens with two attached hydrogens (primary N) is 1. The number of hydrogen-bond donors (Lipinski definition) is 4. The van der Waals surface area contributed by atoms with Crippen molar-refractivity contribution in [3.63, 3.8) is 0 Å². The third-order valence-electron chi connectivity index (χ3n) is 4.08. The minimum Gasteiger partial charge on any atom is -0.395 e. The second kappa shape index (κ2) is 10.5. The van der Waals surface area contributed by atoms with Crippen molar-refractivity contribution in [1.82, 2.24) is 20.3 Å². The van der Waals surface area contributed by atoms with Gasteiger partial charge in [0.2, 0.25) is 0 Å². The van der Waals surface area contributed by atoms with Crippen LogP contribution in [-0.4, -0.2) is 44.2 Å². The zero-order valence-electron chi connectivity index (χ0n) is 14.4. The Bertz CT molecular complexity index is 604. The van der Waals surface area contributed by atoms with Crippen LogP contribution in [0.3, 0.4) is 0 Å². The van der Waals surface area contributed by atoms with E-state index in [0.29, 0.717) is 12.4 Å². The number of aliphatic hydroxyl groups excluding tert-OH is 1. The van der Waals surface area contributed by atoms with Gasteiger partial charge in [-0.3, -0.25) is 0 Å². The van der Waals surface area contributed by atoms with E-state index in [-0.39, 0.29) is 12.6 Å². The van der Waals surface area contributed by atoms with Crippen LogP contribution in [0.25, 0.3) is 11.0 Å². The van der Waals surface area contributed by atoms with E-state index in [4.69, 9.17) is 5.73 Å². The first-order chi connectivity index (χ1) is 11.8. The van der Waals surface area contributed by atoms with E-state index in [0.717, 1.165) is 22.3 Å². The molecule has 2 aromatic rings. The smallest absolute Gasteiger partial charge is 0.151 e. The van der Waals surface area contributed by atoms with Gasteiger partial charge in [0.25, 0.3) is 0 Å². The average molecular weight is 352 g/mol. The Balaban J connectivity index is 1.72. The van der Waals surface area contributed by atoms with Gasteiger partial charge >= 0.3 is 0 Å². The summed E-state index contributed by atoms with van der Waals surface area (Å²) in [7, 11) is 0. The summed E-state index contributed by atoms with van der Waals surface area (Å²) in [6.07, 6.45) is 9.92. The van der Waals surface area contributed by atoms with Crippen LogP contribution in [0.5, 0.6) is 0 Å². The fraction of sp³-hybridized carbons (Fsp3) is 0.647. The molecule has 0 aliphatic rings. The van der Waals surface area contributed by atoms with Gasteiger partial charge in [-0.15, -0.1) is 0 Å². The summed E-state index contributed by atoms with van der Waals surface area (Å²) in [5, 5.41) is 13.0. The highest BCUT2D eigenvalue weighted by Crippen LogP contribution is 2.19. The van der Waals surface area contributed by atoms with Crippen molar-refractivity contribution in [2.24, 2.45) is 0 Å². The Morgan fingerprint density at radius 1 is 1.29 bits per heavy atom. The first kappa shape index (κ1) is 19.0. The van der Waals surface area contributed by atoms with E-state index in [9.17, 15) is 5.11 Å². The first-order valence-corrected chi connectivity index (χ1v) is 9.90. The molecule has 0 unspecified atom stereocenters. The highest BCUT2D eigenvalue weighted by molar-refractivity contribution is 7.99. The summed E-state index contributed by atoms with van der Waals surface area (Å²) in [6, 6.07) is 0.0924. The number of fused-ring (bicyclic) bond motifs is 1. The number of H-pyrrole nitrogens is 1. The Morgan fingerprint density at radius 2 is 2.12 bits per heavy atom. The number of nitrogens with one attached hydrogen (secondary N) is 2. The third kappa shape index (κ3) is 5.65. The molecule has 2 rings (SSSR count). The van der Waals surface area contributed by atoms with Crippen LogP contribution in [0.15, 0.2) is 12.5 Å². The van der Waals surface area contributed by atoms with Gasteiger partial charge in [-0.25, -0.2) is 9.97 Å². The monoisotopic (exact) mass is 351 g/mol. The fourth-order valence-electron chi connectivity index (χ4n) is 2.61.